The van der Waals surface area contributed by atoms with E-state index in [1.807, 2.05) is 24.3 Å². The van der Waals surface area contributed by atoms with Crippen LogP contribution in [-0.4, -0.2) is 43.5 Å². The Morgan fingerprint density at radius 2 is 1.95 bits per heavy atom. The maximum absolute atomic E-state index is 11.5. The summed E-state index contributed by atoms with van der Waals surface area (Å²) in [5.41, 5.74) is 0.813. The molecule has 2 rings (SSSR count). The molecule has 20 heavy (non-hydrogen) atoms. The van der Waals surface area contributed by atoms with Gasteiger partial charge >= 0.3 is 0 Å². The minimum absolute atomic E-state index is 0.0940. The van der Waals surface area contributed by atoms with E-state index < -0.39 is 9.84 Å². The lowest BCUT2D eigenvalue weighted by atomic mass is 10.2. The van der Waals surface area contributed by atoms with Crippen LogP contribution >= 0.6 is 0 Å². The average Bonchev–Trinajstić information content (AvgIpc) is 2.46. The van der Waals surface area contributed by atoms with E-state index in [0.29, 0.717) is 18.3 Å². The van der Waals surface area contributed by atoms with Gasteiger partial charge in [0.15, 0.2) is 9.84 Å². The number of sulfone groups is 1. The van der Waals surface area contributed by atoms with E-state index in [9.17, 15) is 8.42 Å². The van der Waals surface area contributed by atoms with Crippen LogP contribution in [0.25, 0.3) is 10.9 Å². The molecule has 0 saturated heterocycles. The topological polar surface area (TPSA) is 84.0 Å². The van der Waals surface area contributed by atoms with Gasteiger partial charge in [-0.15, -0.1) is 0 Å². The smallest absolute Gasteiger partial charge is 0.224 e. The molecule has 0 radical (unpaired) electrons. The van der Waals surface area contributed by atoms with Crippen molar-refractivity contribution in [3.63, 3.8) is 0 Å². The summed E-state index contributed by atoms with van der Waals surface area (Å²) < 4.78 is 23.0. The Morgan fingerprint density at radius 1 is 1.20 bits per heavy atom. The van der Waals surface area contributed by atoms with E-state index in [0.717, 1.165) is 10.9 Å². The molecule has 0 aliphatic heterocycles. The Kier molecular flexibility index (Phi) is 4.39. The summed E-state index contributed by atoms with van der Waals surface area (Å²) in [5, 5.41) is 6.85. The summed E-state index contributed by atoms with van der Waals surface area (Å²) in [6.45, 7) is 1.98. The number of benzene rings is 1. The SMILES string of the molecule is CCS(=O)(=O)CCNc1nc(NC)nc2ccccc12. The van der Waals surface area contributed by atoms with Gasteiger partial charge in [-0.1, -0.05) is 19.1 Å². The van der Waals surface area contributed by atoms with E-state index in [2.05, 4.69) is 20.6 Å². The van der Waals surface area contributed by atoms with Crippen LogP contribution in [0.3, 0.4) is 0 Å². The molecule has 1 aromatic carbocycles. The Labute approximate surface area is 118 Å². The molecule has 0 bridgehead atoms. The number of fused-ring (bicyclic) bond motifs is 1. The molecule has 7 heteroatoms. The van der Waals surface area contributed by atoms with Crippen LogP contribution in [0.4, 0.5) is 11.8 Å². The van der Waals surface area contributed by atoms with Crippen molar-refractivity contribution in [2.45, 2.75) is 6.92 Å². The predicted octanol–water partition coefficient (Wildman–Crippen LogP) is 1.52. The number of anilines is 2. The first-order chi connectivity index (χ1) is 9.55. The highest BCUT2D eigenvalue weighted by Gasteiger charge is 2.09. The molecular formula is C13H18N4O2S. The summed E-state index contributed by atoms with van der Waals surface area (Å²) in [4.78, 5) is 8.68. The number of hydrogen-bond acceptors (Lipinski definition) is 6. The normalized spacial score (nSPS) is 11.5. The molecule has 2 aromatic rings. The number of nitrogens with zero attached hydrogens (tertiary/aromatic N) is 2. The molecular weight excluding hydrogens is 276 g/mol. The maximum Gasteiger partial charge on any atom is 0.224 e. The van der Waals surface area contributed by atoms with Gasteiger partial charge in [-0.2, -0.15) is 4.98 Å². The van der Waals surface area contributed by atoms with Crippen molar-refractivity contribution < 1.29 is 8.42 Å². The molecule has 6 nitrogen and oxygen atoms in total. The minimum Gasteiger partial charge on any atom is -0.368 e. The molecule has 0 fully saturated rings. The van der Waals surface area contributed by atoms with Crippen molar-refractivity contribution in [3.05, 3.63) is 24.3 Å². The van der Waals surface area contributed by atoms with Crippen LogP contribution in [0.15, 0.2) is 24.3 Å². The molecule has 0 amide bonds. The molecule has 0 aliphatic rings. The lowest BCUT2D eigenvalue weighted by molar-refractivity contribution is 0.597. The molecule has 2 N–H and O–H groups in total. The van der Waals surface area contributed by atoms with Gasteiger partial charge in [-0.25, -0.2) is 13.4 Å². The van der Waals surface area contributed by atoms with E-state index in [1.54, 1.807) is 14.0 Å². The Bertz CT molecular complexity index is 701. The number of nitrogens with one attached hydrogen (secondary N) is 2. The molecule has 1 heterocycles. The molecule has 108 valence electrons. The lowest BCUT2D eigenvalue weighted by Gasteiger charge is -2.10. The minimum atomic E-state index is -2.98. The van der Waals surface area contributed by atoms with Crippen molar-refractivity contribution in [1.82, 2.24) is 9.97 Å². The van der Waals surface area contributed by atoms with Gasteiger partial charge in [0.05, 0.1) is 11.3 Å². The Hall–Kier alpha value is -1.89. The predicted molar refractivity (Wildman–Crippen MR) is 81.9 cm³/mol. The van der Waals surface area contributed by atoms with E-state index in [1.165, 1.54) is 0 Å². The van der Waals surface area contributed by atoms with Gasteiger partial charge in [-0.3, -0.25) is 0 Å². The van der Waals surface area contributed by atoms with Gasteiger partial charge in [0.25, 0.3) is 0 Å². The first kappa shape index (κ1) is 14.5. The lowest BCUT2D eigenvalue weighted by Crippen LogP contribution is -2.18. The highest BCUT2D eigenvalue weighted by molar-refractivity contribution is 7.91. The number of hydrogen-bond donors (Lipinski definition) is 2. The summed E-state index contributed by atoms with van der Waals surface area (Å²) in [6.07, 6.45) is 0. The van der Waals surface area contributed by atoms with Crippen LogP contribution in [0.2, 0.25) is 0 Å². The third kappa shape index (κ3) is 3.36. The third-order valence-corrected chi connectivity index (χ3v) is 4.68. The molecule has 0 unspecified atom stereocenters. The molecule has 0 aliphatic carbocycles. The molecule has 0 saturated carbocycles. The maximum atomic E-state index is 11.5. The highest BCUT2D eigenvalue weighted by Crippen LogP contribution is 2.21. The van der Waals surface area contributed by atoms with Crippen LogP contribution < -0.4 is 10.6 Å². The van der Waals surface area contributed by atoms with Crippen molar-refractivity contribution in [1.29, 1.82) is 0 Å². The molecule has 0 spiro atoms. The van der Waals surface area contributed by atoms with Gasteiger partial charge < -0.3 is 10.6 Å². The zero-order valence-corrected chi connectivity index (χ0v) is 12.4. The van der Waals surface area contributed by atoms with Gasteiger partial charge in [0.1, 0.15) is 5.82 Å². The fourth-order valence-corrected chi connectivity index (χ4v) is 2.49. The monoisotopic (exact) mass is 294 g/mol. The second-order valence-electron chi connectivity index (χ2n) is 4.33. The van der Waals surface area contributed by atoms with E-state index in [4.69, 9.17) is 0 Å². The van der Waals surface area contributed by atoms with Crippen molar-refractivity contribution in [3.8, 4) is 0 Å². The zero-order valence-electron chi connectivity index (χ0n) is 11.5. The first-order valence-electron chi connectivity index (χ1n) is 6.44. The Morgan fingerprint density at radius 3 is 2.65 bits per heavy atom. The van der Waals surface area contributed by atoms with Gasteiger partial charge in [0.2, 0.25) is 5.95 Å². The summed E-state index contributed by atoms with van der Waals surface area (Å²) in [7, 11) is -1.23. The Balaban J connectivity index is 2.24. The van der Waals surface area contributed by atoms with E-state index >= 15 is 0 Å². The van der Waals surface area contributed by atoms with Gasteiger partial charge in [-0.05, 0) is 12.1 Å². The fraction of sp³-hybridized carbons (Fsp3) is 0.385. The summed E-state index contributed by atoms with van der Waals surface area (Å²) in [6, 6.07) is 7.61. The standard InChI is InChI=1S/C13H18N4O2S/c1-3-20(18,19)9-8-15-12-10-6-4-5-7-11(10)16-13(14-2)17-12/h4-7H,3,8-9H2,1-2H3,(H2,14,15,16,17). The van der Waals surface area contributed by atoms with E-state index in [-0.39, 0.29) is 11.5 Å². The quantitative estimate of drug-likeness (QED) is 0.840. The van der Waals surface area contributed by atoms with Crippen molar-refractivity contribution in [2.75, 3.05) is 35.7 Å². The first-order valence-corrected chi connectivity index (χ1v) is 8.26. The van der Waals surface area contributed by atoms with Crippen molar-refractivity contribution in [2.24, 2.45) is 0 Å². The van der Waals surface area contributed by atoms with Crippen LogP contribution in [-0.2, 0) is 9.84 Å². The zero-order chi connectivity index (χ0) is 14.6. The van der Waals surface area contributed by atoms with Crippen molar-refractivity contribution >= 4 is 32.5 Å². The number of para-hydroxylation sites is 1. The average molecular weight is 294 g/mol. The molecule has 0 atom stereocenters. The van der Waals surface area contributed by atoms with Crippen LogP contribution in [0.1, 0.15) is 6.92 Å². The fourth-order valence-electron chi connectivity index (χ4n) is 1.79. The summed E-state index contributed by atoms with van der Waals surface area (Å²) >= 11 is 0. The second kappa shape index (κ2) is 6.04. The summed E-state index contributed by atoms with van der Waals surface area (Å²) in [5.74, 6) is 1.40. The molecule has 1 aromatic heterocycles. The second-order valence-corrected chi connectivity index (χ2v) is 6.80. The van der Waals surface area contributed by atoms with Gasteiger partial charge in [0, 0.05) is 24.7 Å². The van der Waals surface area contributed by atoms with Crippen LogP contribution in [0.5, 0.6) is 0 Å². The third-order valence-electron chi connectivity index (χ3n) is 2.97. The van der Waals surface area contributed by atoms with Crippen LogP contribution in [0, 0.1) is 0 Å². The largest absolute Gasteiger partial charge is 0.368 e. The highest BCUT2D eigenvalue weighted by atomic mass is 32.2. The number of rotatable bonds is 6. The number of aromatic nitrogens is 2.